The molecular weight excluding hydrogens is 356 g/mol. The molecule has 7 nitrogen and oxygen atoms in total. The average molecular weight is 372 g/mol. The third kappa shape index (κ3) is 4.64. The van der Waals surface area contributed by atoms with Crippen molar-refractivity contribution < 1.29 is 23.9 Å². The quantitative estimate of drug-likeness (QED) is 0.629. The second kappa shape index (κ2) is 8.72. The van der Waals surface area contributed by atoms with E-state index in [0.717, 1.165) is 0 Å². The highest BCUT2D eigenvalue weighted by Gasteiger charge is 2.14. The van der Waals surface area contributed by atoms with Crippen LogP contribution in [-0.4, -0.2) is 37.2 Å². The first-order valence-electron chi connectivity index (χ1n) is 7.44. The van der Waals surface area contributed by atoms with Gasteiger partial charge in [0.1, 0.15) is 0 Å². The molecule has 1 amide bonds. The van der Waals surface area contributed by atoms with Crippen LogP contribution in [0.2, 0.25) is 0 Å². The molecule has 0 saturated heterocycles. The van der Waals surface area contributed by atoms with Crippen molar-refractivity contribution in [2.24, 2.45) is 0 Å². The summed E-state index contributed by atoms with van der Waals surface area (Å²) < 4.78 is 9.30. The maximum Gasteiger partial charge on any atom is 0.339 e. The molecular formula is C18H16N2O5S. The summed E-state index contributed by atoms with van der Waals surface area (Å²) >= 11 is 5.11. The van der Waals surface area contributed by atoms with Gasteiger partial charge in [0.2, 0.25) is 0 Å². The van der Waals surface area contributed by atoms with E-state index in [9.17, 15) is 14.4 Å². The van der Waals surface area contributed by atoms with Crippen LogP contribution in [0.15, 0.2) is 48.5 Å². The summed E-state index contributed by atoms with van der Waals surface area (Å²) in [5, 5.41) is 5.31. The van der Waals surface area contributed by atoms with E-state index in [-0.39, 0.29) is 10.7 Å². The molecule has 8 heteroatoms. The number of hydrogen-bond acceptors (Lipinski definition) is 6. The zero-order valence-electron chi connectivity index (χ0n) is 14.1. The first kappa shape index (κ1) is 19.1. The molecule has 0 spiro atoms. The topological polar surface area (TPSA) is 93.7 Å². The predicted octanol–water partition coefficient (Wildman–Crippen LogP) is 2.39. The normalized spacial score (nSPS) is 9.77. The van der Waals surface area contributed by atoms with Crippen LogP contribution < -0.4 is 10.6 Å². The number of carbonyl (C=O) groups excluding carboxylic acids is 3. The lowest BCUT2D eigenvalue weighted by atomic mass is 10.1. The summed E-state index contributed by atoms with van der Waals surface area (Å²) in [6.07, 6.45) is 0. The Labute approximate surface area is 155 Å². The van der Waals surface area contributed by atoms with Gasteiger partial charge in [-0.25, -0.2) is 9.59 Å². The number of methoxy groups -OCH3 is 2. The number of benzene rings is 2. The molecule has 0 aliphatic carbocycles. The summed E-state index contributed by atoms with van der Waals surface area (Å²) in [7, 11) is 2.55. The van der Waals surface area contributed by atoms with Crippen LogP contribution in [0.4, 0.5) is 5.69 Å². The number of para-hydroxylation sites is 1. The molecule has 0 heterocycles. The van der Waals surface area contributed by atoms with E-state index in [0.29, 0.717) is 16.8 Å². The van der Waals surface area contributed by atoms with Crippen LogP contribution in [0.1, 0.15) is 31.1 Å². The Morgan fingerprint density at radius 3 is 2.04 bits per heavy atom. The Hall–Kier alpha value is -3.26. The Morgan fingerprint density at radius 2 is 1.42 bits per heavy atom. The first-order chi connectivity index (χ1) is 12.5. The Balaban J connectivity index is 2.05. The molecule has 2 aromatic rings. The van der Waals surface area contributed by atoms with Crippen molar-refractivity contribution in [3.05, 3.63) is 65.2 Å². The van der Waals surface area contributed by atoms with Gasteiger partial charge in [-0.1, -0.05) is 12.1 Å². The van der Waals surface area contributed by atoms with Gasteiger partial charge >= 0.3 is 11.9 Å². The number of hydrogen-bond donors (Lipinski definition) is 2. The van der Waals surface area contributed by atoms with Crippen molar-refractivity contribution in [1.82, 2.24) is 5.32 Å². The lowest BCUT2D eigenvalue weighted by molar-refractivity contribution is 0.0592. The number of thiocarbonyl (C=S) groups is 1. The standard InChI is InChI=1S/C18H16N2O5S/c1-24-16(22)12-9-7-11(8-10-12)15(21)20-18(26)19-14-6-4-3-5-13(14)17(23)25-2/h3-10H,1-2H3,(H2,19,20,21,26). The number of ether oxygens (including phenoxy) is 2. The smallest absolute Gasteiger partial charge is 0.339 e. The van der Waals surface area contributed by atoms with Crippen LogP contribution in [0.25, 0.3) is 0 Å². The van der Waals surface area contributed by atoms with Crippen LogP contribution in [0.5, 0.6) is 0 Å². The van der Waals surface area contributed by atoms with Crippen LogP contribution in [-0.2, 0) is 9.47 Å². The van der Waals surface area contributed by atoms with Crippen molar-refractivity contribution in [2.45, 2.75) is 0 Å². The Bertz CT molecular complexity index is 849. The minimum absolute atomic E-state index is 0.0170. The number of carbonyl (C=O) groups is 3. The second-order valence-electron chi connectivity index (χ2n) is 5.01. The fourth-order valence-electron chi connectivity index (χ4n) is 2.08. The summed E-state index contributed by atoms with van der Waals surface area (Å²) in [4.78, 5) is 35.4. The summed E-state index contributed by atoms with van der Waals surface area (Å²) in [5.41, 5.74) is 1.33. The zero-order valence-corrected chi connectivity index (χ0v) is 14.9. The second-order valence-corrected chi connectivity index (χ2v) is 5.42. The van der Waals surface area contributed by atoms with Crippen LogP contribution in [0, 0.1) is 0 Å². The van der Waals surface area contributed by atoms with Gasteiger partial charge in [0.25, 0.3) is 5.91 Å². The minimum Gasteiger partial charge on any atom is -0.465 e. The van der Waals surface area contributed by atoms with E-state index in [4.69, 9.17) is 17.0 Å². The zero-order chi connectivity index (χ0) is 19.1. The number of nitrogens with one attached hydrogen (secondary N) is 2. The van der Waals surface area contributed by atoms with Gasteiger partial charge in [-0.3, -0.25) is 10.1 Å². The molecule has 0 fully saturated rings. The highest BCUT2D eigenvalue weighted by molar-refractivity contribution is 7.80. The van der Waals surface area contributed by atoms with Crippen molar-refractivity contribution in [3.63, 3.8) is 0 Å². The summed E-state index contributed by atoms with van der Waals surface area (Å²) in [6, 6.07) is 12.5. The molecule has 0 aromatic heterocycles. The highest BCUT2D eigenvalue weighted by atomic mass is 32.1. The molecule has 0 atom stereocenters. The van der Waals surface area contributed by atoms with Gasteiger partial charge in [-0.05, 0) is 48.6 Å². The van der Waals surface area contributed by atoms with Gasteiger partial charge in [0.15, 0.2) is 5.11 Å². The van der Waals surface area contributed by atoms with Gasteiger partial charge < -0.3 is 14.8 Å². The monoisotopic (exact) mass is 372 g/mol. The molecule has 0 unspecified atom stereocenters. The minimum atomic E-state index is -0.527. The number of esters is 2. The fraction of sp³-hybridized carbons (Fsp3) is 0.111. The molecule has 26 heavy (non-hydrogen) atoms. The Morgan fingerprint density at radius 1 is 0.846 bits per heavy atom. The average Bonchev–Trinajstić information content (AvgIpc) is 2.67. The van der Waals surface area contributed by atoms with E-state index in [1.54, 1.807) is 24.3 Å². The predicted molar refractivity (Wildman–Crippen MR) is 99.2 cm³/mol. The molecule has 0 bridgehead atoms. The molecule has 134 valence electrons. The van der Waals surface area contributed by atoms with E-state index in [1.165, 1.54) is 38.5 Å². The number of anilines is 1. The lowest BCUT2D eigenvalue weighted by Crippen LogP contribution is -2.34. The number of rotatable bonds is 4. The molecule has 0 saturated carbocycles. The molecule has 2 aromatic carbocycles. The third-order valence-electron chi connectivity index (χ3n) is 3.38. The van der Waals surface area contributed by atoms with Gasteiger partial charge in [0.05, 0.1) is 31.0 Å². The van der Waals surface area contributed by atoms with Gasteiger partial charge in [0, 0.05) is 5.56 Å². The van der Waals surface area contributed by atoms with Gasteiger partial charge in [-0.2, -0.15) is 0 Å². The maximum atomic E-state index is 12.2. The van der Waals surface area contributed by atoms with E-state index in [2.05, 4.69) is 15.4 Å². The molecule has 2 N–H and O–H groups in total. The molecule has 0 aliphatic rings. The largest absolute Gasteiger partial charge is 0.465 e. The van der Waals surface area contributed by atoms with Crippen molar-refractivity contribution in [1.29, 1.82) is 0 Å². The lowest BCUT2D eigenvalue weighted by Gasteiger charge is -2.12. The first-order valence-corrected chi connectivity index (χ1v) is 7.85. The summed E-state index contributed by atoms with van der Waals surface area (Å²) in [6.45, 7) is 0. The molecule has 0 radical (unpaired) electrons. The molecule has 2 rings (SSSR count). The highest BCUT2D eigenvalue weighted by Crippen LogP contribution is 2.16. The third-order valence-corrected chi connectivity index (χ3v) is 3.58. The van der Waals surface area contributed by atoms with E-state index in [1.807, 2.05) is 0 Å². The van der Waals surface area contributed by atoms with Crippen molar-refractivity contribution in [3.8, 4) is 0 Å². The molecule has 0 aliphatic heterocycles. The van der Waals surface area contributed by atoms with Crippen molar-refractivity contribution >= 4 is 40.9 Å². The maximum absolute atomic E-state index is 12.2. The Kier molecular flexibility index (Phi) is 6.40. The SMILES string of the molecule is COC(=O)c1ccc(C(=O)NC(=S)Nc2ccccc2C(=O)OC)cc1. The van der Waals surface area contributed by atoms with E-state index >= 15 is 0 Å². The van der Waals surface area contributed by atoms with Crippen LogP contribution in [0.3, 0.4) is 0 Å². The van der Waals surface area contributed by atoms with E-state index < -0.39 is 17.8 Å². The van der Waals surface area contributed by atoms with Crippen LogP contribution >= 0.6 is 12.2 Å². The van der Waals surface area contributed by atoms with Gasteiger partial charge in [-0.15, -0.1) is 0 Å². The number of amides is 1. The fourth-order valence-corrected chi connectivity index (χ4v) is 2.29. The van der Waals surface area contributed by atoms with Crippen molar-refractivity contribution in [2.75, 3.05) is 19.5 Å². The summed E-state index contributed by atoms with van der Waals surface area (Å²) in [5.74, 6) is -1.48.